The van der Waals surface area contributed by atoms with Crippen LogP contribution >= 0.6 is 0 Å². The van der Waals surface area contributed by atoms with Crippen LogP contribution in [0.15, 0.2) is 60.0 Å². The number of nitrogens with zero attached hydrogens (tertiary/aromatic N) is 4. The molecule has 4 atom stereocenters. The zero-order chi connectivity index (χ0) is 40.4. The molecule has 0 bridgehead atoms. The molecule has 12 nitrogen and oxygen atoms in total. The van der Waals surface area contributed by atoms with Gasteiger partial charge in [-0.2, -0.15) is 0 Å². The van der Waals surface area contributed by atoms with Gasteiger partial charge < -0.3 is 39.1 Å². The Labute approximate surface area is 335 Å². The number of benzene rings is 2. The number of rotatable bonds is 13. The van der Waals surface area contributed by atoms with Crippen LogP contribution in [0.5, 0.6) is 0 Å². The van der Waals surface area contributed by atoms with Gasteiger partial charge in [0.1, 0.15) is 22.5 Å². The first-order valence-corrected chi connectivity index (χ1v) is 21.8. The Morgan fingerprint density at radius 3 is 2.42 bits per heavy atom. The minimum absolute atomic E-state index is 0.0613. The van der Waals surface area contributed by atoms with Crippen molar-refractivity contribution in [1.82, 2.24) is 20.0 Å². The largest absolute Gasteiger partial charge is 0.453 e. The maximum atomic E-state index is 15.7. The fourth-order valence-electron chi connectivity index (χ4n) is 10.3. The highest BCUT2D eigenvalue weighted by Crippen LogP contribution is 2.52. The van der Waals surface area contributed by atoms with Crippen molar-refractivity contribution in [2.24, 2.45) is 11.8 Å². The van der Waals surface area contributed by atoms with E-state index in [0.29, 0.717) is 25.3 Å². The molecule has 2 aromatic rings. The molecule has 2 aromatic carbocycles. The maximum Gasteiger partial charge on any atom is 0.407 e. The fraction of sp³-hybridized carbons (Fsp3) is 0.619. The molecule has 5 fully saturated rings. The summed E-state index contributed by atoms with van der Waals surface area (Å²) >= 11 is 0. The summed E-state index contributed by atoms with van der Waals surface area (Å²) < 4.78 is 74.7. The number of alkyl carbamates (subject to hydrolysis) is 1. The Bertz CT molecular complexity index is 1880. The summed E-state index contributed by atoms with van der Waals surface area (Å²) in [5.41, 5.74) is 0.401. The van der Waals surface area contributed by atoms with Gasteiger partial charge in [-0.25, -0.2) is 22.0 Å². The van der Waals surface area contributed by atoms with Crippen LogP contribution in [-0.4, -0.2) is 145 Å². The minimum Gasteiger partial charge on any atom is -0.453 e. The Hall–Kier alpha value is -3.63. The van der Waals surface area contributed by atoms with Crippen molar-refractivity contribution in [3.8, 4) is 0 Å². The lowest BCUT2D eigenvalue weighted by atomic mass is 9.57. The number of anilines is 1. The van der Waals surface area contributed by atoms with Gasteiger partial charge in [0.05, 0.1) is 44.0 Å². The maximum absolute atomic E-state index is 15.7. The number of ether oxygens (including phenoxy) is 3. The second-order valence-corrected chi connectivity index (χ2v) is 18.8. The zero-order valence-corrected chi connectivity index (χ0v) is 34.0. The van der Waals surface area contributed by atoms with E-state index in [1.54, 1.807) is 13.2 Å². The predicted molar refractivity (Wildman–Crippen MR) is 212 cm³/mol. The predicted octanol–water partition coefficient (Wildman–Crippen LogP) is 4.24. The van der Waals surface area contributed by atoms with Crippen LogP contribution in [-0.2, 0) is 34.3 Å². The molecule has 4 heterocycles. The highest BCUT2D eigenvalue weighted by Gasteiger charge is 2.54. The van der Waals surface area contributed by atoms with Gasteiger partial charge >= 0.3 is 6.09 Å². The van der Waals surface area contributed by atoms with Crippen molar-refractivity contribution < 1.29 is 41.0 Å². The quantitative estimate of drug-likeness (QED) is 0.295. The Morgan fingerprint density at radius 1 is 1.00 bits per heavy atom. The van der Waals surface area contributed by atoms with E-state index >= 15 is 8.78 Å². The van der Waals surface area contributed by atoms with Gasteiger partial charge in [0.15, 0.2) is 9.84 Å². The highest BCUT2D eigenvalue weighted by molar-refractivity contribution is 7.92. The number of likely N-dealkylation sites (tertiary alicyclic amines) is 2. The highest BCUT2D eigenvalue weighted by atomic mass is 32.2. The van der Waals surface area contributed by atoms with Gasteiger partial charge in [-0.15, -0.1) is 0 Å². The number of halogens is 2. The Balaban J connectivity index is 1.03. The summed E-state index contributed by atoms with van der Waals surface area (Å²) in [6.45, 7) is 9.80. The summed E-state index contributed by atoms with van der Waals surface area (Å²) in [5.74, 6) is -0.902. The van der Waals surface area contributed by atoms with Gasteiger partial charge in [0.25, 0.3) is 0 Å². The summed E-state index contributed by atoms with van der Waals surface area (Å²) in [5, 5.41) is 2.12. The lowest BCUT2D eigenvalue weighted by molar-refractivity contribution is -0.126. The minimum atomic E-state index is -4.00. The third kappa shape index (κ3) is 8.45. The van der Waals surface area contributed by atoms with E-state index < -0.39 is 32.6 Å². The number of sulfone groups is 1. The van der Waals surface area contributed by atoms with E-state index in [-0.39, 0.29) is 66.2 Å². The first kappa shape index (κ1) is 41.5. The number of hydrogen-bond acceptors (Lipinski definition) is 10. The summed E-state index contributed by atoms with van der Waals surface area (Å²) in [6.07, 6.45) is 6.42. The molecule has 5 aliphatic rings. The molecule has 15 heteroatoms. The van der Waals surface area contributed by atoms with Crippen LogP contribution in [0.4, 0.5) is 19.3 Å². The van der Waals surface area contributed by atoms with Gasteiger partial charge in [-0.1, -0.05) is 25.1 Å². The van der Waals surface area contributed by atoms with Crippen molar-refractivity contribution in [2.75, 3.05) is 97.8 Å². The molecule has 1 saturated carbocycles. The molecule has 0 radical (unpaired) electrons. The standard InChI is InChI=1S/C42H57F2N5O7S/c1-4-39(50)48-20-21-56-25-34(24-48)57(52,53)33-12-13-38(36(44)23-33)49-27-41(28-49,55-3)26-47-18-14-30(15-19-47)42(29-46-16-7-17-46,31-8-5-9-32(43)22-31)35-10-6-11-37(35)45-40(51)54-2/h4-5,8-9,12-13,22-23,30,34-35,37H,1,6-7,10-11,14-21,24-29H2,2-3H3,(H,45,51)/t34-,35-,37-,42?/m0/s1. The van der Waals surface area contributed by atoms with E-state index in [9.17, 15) is 18.0 Å². The van der Waals surface area contributed by atoms with Gasteiger partial charge in [-0.05, 0) is 112 Å². The SMILES string of the molecule is C=CC(=O)N1CCOC[C@@H](S(=O)(=O)c2ccc(N3CC(CN4CCC(C(CN5CCC5)(c5cccc(F)c5)[C@H]5CCC[C@@H]5NC(=O)OC)CC4)(OC)C3)c(F)c2)C1. The number of piperidine rings is 1. The number of nitrogens with one attached hydrogen (secondary N) is 1. The van der Waals surface area contributed by atoms with Gasteiger partial charge in [0.2, 0.25) is 5.91 Å². The molecule has 312 valence electrons. The van der Waals surface area contributed by atoms with E-state index in [2.05, 4.69) is 27.8 Å². The van der Waals surface area contributed by atoms with Crippen LogP contribution in [0.25, 0.3) is 0 Å². The van der Waals surface area contributed by atoms with Crippen LogP contribution in [0.3, 0.4) is 0 Å². The van der Waals surface area contributed by atoms with Crippen molar-refractivity contribution in [3.05, 3.63) is 72.3 Å². The number of methoxy groups -OCH3 is 2. The van der Waals surface area contributed by atoms with Crippen LogP contribution in [0.1, 0.15) is 44.1 Å². The van der Waals surface area contributed by atoms with Crippen LogP contribution in [0, 0.1) is 23.5 Å². The Kier molecular flexibility index (Phi) is 12.6. The zero-order valence-electron chi connectivity index (χ0n) is 33.2. The number of amides is 2. The van der Waals surface area contributed by atoms with Crippen LogP contribution < -0.4 is 10.2 Å². The molecule has 0 aromatic heterocycles. The summed E-state index contributed by atoms with van der Waals surface area (Å²) in [4.78, 5) is 32.8. The van der Waals surface area contributed by atoms with E-state index in [0.717, 1.165) is 89.0 Å². The molecular formula is C42H57F2N5O7S. The summed E-state index contributed by atoms with van der Waals surface area (Å²) in [6, 6.07) is 11.0. The number of carbonyl (C=O) groups excluding carboxylic acids is 2. The third-order valence-electron chi connectivity index (χ3n) is 13.4. The van der Waals surface area contributed by atoms with E-state index in [1.165, 1.54) is 30.2 Å². The Morgan fingerprint density at radius 2 is 1.77 bits per heavy atom. The average Bonchev–Trinajstić information content (AvgIpc) is 3.48. The molecule has 1 N–H and O–H groups in total. The molecule has 4 aliphatic heterocycles. The lowest BCUT2D eigenvalue weighted by Gasteiger charge is -2.55. The van der Waals surface area contributed by atoms with Crippen molar-refractivity contribution in [2.45, 2.75) is 65.7 Å². The molecule has 0 spiro atoms. The average molecular weight is 814 g/mol. The van der Waals surface area contributed by atoms with Crippen molar-refractivity contribution >= 4 is 27.5 Å². The van der Waals surface area contributed by atoms with Crippen molar-refractivity contribution in [3.63, 3.8) is 0 Å². The van der Waals surface area contributed by atoms with E-state index in [4.69, 9.17) is 14.2 Å². The first-order chi connectivity index (χ1) is 27.4. The molecule has 1 unspecified atom stereocenters. The molecule has 1 aliphatic carbocycles. The van der Waals surface area contributed by atoms with Gasteiger partial charge in [-0.3, -0.25) is 4.79 Å². The second-order valence-electron chi connectivity index (χ2n) is 16.6. The third-order valence-corrected chi connectivity index (χ3v) is 15.5. The molecule has 2 amide bonds. The molecule has 4 saturated heterocycles. The normalized spacial score (nSPS) is 25.8. The number of hydrogen-bond donors (Lipinski definition) is 1. The number of carbonyl (C=O) groups is 2. The first-order valence-electron chi connectivity index (χ1n) is 20.3. The molecule has 7 rings (SSSR count). The monoisotopic (exact) mass is 813 g/mol. The van der Waals surface area contributed by atoms with Crippen LogP contribution in [0.2, 0.25) is 0 Å². The van der Waals surface area contributed by atoms with E-state index in [1.807, 2.05) is 11.0 Å². The van der Waals surface area contributed by atoms with Gasteiger partial charge in [0, 0.05) is 44.7 Å². The topological polar surface area (TPSA) is 121 Å². The smallest absolute Gasteiger partial charge is 0.407 e. The lowest BCUT2D eigenvalue weighted by Crippen LogP contribution is -2.68. The second kappa shape index (κ2) is 17.3. The summed E-state index contributed by atoms with van der Waals surface area (Å²) in [7, 11) is -0.931. The fourth-order valence-corrected chi connectivity index (χ4v) is 11.8. The van der Waals surface area contributed by atoms with Crippen molar-refractivity contribution in [1.29, 1.82) is 0 Å². The molecular weight excluding hydrogens is 757 g/mol. The molecule has 57 heavy (non-hydrogen) atoms.